The topological polar surface area (TPSA) is 80.0 Å². The van der Waals surface area contributed by atoms with Crippen molar-refractivity contribution in [2.24, 2.45) is 0 Å². The molecule has 0 saturated carbocycles. The molecule has 1 aromatic carbocycles. The fourth-order valence-corrected chi connectivity index (χ4v) is 3.04. The highest BCUT2D eigenvalue weighted by atomic mass is 32.1. The summed E-state index contributed by atoms with van der Waals surface area (Å²) in [4.78, 5) is 16.2. The van der Waals surface area contributed by atoms with E-state index in [2.05, 4.69) is 25.3 Å². The van der Waals surface area contributed by atoms with E-state index < -0.39 is 17.9 Å². The summed E-state index contributed by atoms with van der Waals surface area (Å²) in [6, 6.07) is 7.95. The minimum Gasteiger partial charge on any atom is -0.338 e. The van der Waals surface area contributed by atoms with Gasteiger partial charge in [-0.25, -0.2) is 9.78 Å². The summed E-state index contributed by atoms with van der Waals surface area (Å²) >= 11 is 1.51. The Kier molecular flexibility index (Phi) is 5.45. The molecule has 2 N–H and O–H groups in total. The van der Waals surface area contributed by atoms with Crippen LogP contribution in [-0.4, -0.2) is 22.7 Å². The number of rotatable bonds is 5. The Labute approximate surface area is 156 Å². The predicted octanol–water partition coefficient (Wildman–Crippen LogP) is 4.49. The van der Waals surface area contributed by atoms with Gasteiger partial charge in [-0.15, -0.1) is 11.3 Å². The van der Waals surface area contributed by atoms with Gasteiger partial charge in [0.05, 0.1) is 5.69 Å². The number of thiazole rings is 1. The van der Waals surface area contributed by atoms with Gasteiger partial charge in [0, 0.05) is 30.0 Å². The lowest BCUT2D eigenvalue weighted by molar-refractivity contribution is -0.142. The summed E-state index contributed by atoms with van der Waals surface area (Å²) < 4.78 is 41.7. The third kappa shape index (κ3) is 5.07. The second-order valence-electron chi connectivity index (χ2n) is 5.72. The van der Waals surface area contributed by atoms with Crippen LogP contribution < -0.4 is 10.6 Å². The number of aryl methyl sites for hydroxylation is 1. The third-order valence-corrected chi connectivity index (χ3v) is 4.49. The Morgan fingerprint density at radius 1 is 1.26 bits per heavy atom. The van der Waals surface area contributed by atoms with E-state index in [1.165, 1.54) is 16.9 Å². The standard InChI is InChI=1S/C17H15F3N4O2S/c1-10-2-4-11(5-3-10)15-22-12(9-27-15)6-7-21-16(25)23-14-8-13(24-26-14)17(18,19)20/h2-5,8-9H,6-7H2,1H3,(H2,21,23,25). The summed E-state index contributed by atoms with van der Waals surface area (Å²) in [7, 11) is 0. The molecule has 0 radical (unpaired) electrons. The second kappa shape index (κ2) is 7.78. The molecule has 2 heterocycles. The van der Waals surface area contributed by atoms with Crippen LogP contribution in [0.15, 0.2) is 40.2 Å². The van der Waals surface area contributed by atoms with Crippen LogP contribution in [0.2, 0.25) is 0 Å². The Hall–Kier alpha value is -2.88. The van der Waals surface area contributed by atoms with E-state index in [1.54, 1.807) is 0 Å². The van der Waals surface area contributed by atoms with Crippen LogP contribution >= 0.6 is 11.3 Å². The summed E-state index contributed by atoms with van der Waals surface area (Å²) in [6.45, 7) is 2.28. The highest BCUT2D eigenvalue weighted by Crippen LogP contribution is 2.29. The van der Waals surface area contributed by atoms with E-state index in [9.17, 15) is 18.0 Å². The van der Waals surface area contributed by atoms with Crippen molar-refractivity contribution in [3.63, 3.8) is 0 Å². The molecule has 0 atom stereocenters. The monoisotopic (exact) mass is 396 g/mol. The molecule has 0 fully saturated rings. The molecule has 10 heteroatoms. The number of nitrogens with zero attached hydrogens (tertiary/aromatic N) is 2. The normalized spacial score (nSPS) is 11.4. The minimum absolute atomic E-state index is 0.267. The minimum atomic E-state index is -4.63. The van der Waals surface area contributed by atoms with Crippen LogP contribution in [0.3, 0.4) is 0 Å². The van der Waals surface area contributed by atoms with Crippen molar-refractivity contribution in [1.82, 2.24) is 15.5 Å². The van der Waals surface area contributed by atoms with E-state index in [0.29, 0.717) is 12.5 Å². The van der Waals surface area contributed by atoms with Crippen molar-refractivity contribution in [2.45, 2.75) is 19.5 Å². The molecule has 0 saturated heterocycles. The molecule has 0 unspecified atom stereocenters. The molecule has 0 bridgehead atoms. The maximum Gasteiger partial charge on any atom is 0.436 e. The van der Waals surface area contributed by atoms with E-state index in [1.807, 2.05) is 36.6 Å². The van der Waals surface area contributed by atoms with Gasteiger partial charge in [-0.3, -0.25) is 5.32 Å². The summed E-state index contributed by atoms with van der Waals surface area (Å²) in [5.74, 6) is -0.379. The fraction of sp³-hybridized carbons (Fsp3) is 0.235. The first-order valence-corrected chi connectivity index (χ1v) is 8.79. The van der Waals surface area contributed by atoms with Gasteiger partial charge in [0.25, 0.3) is 0 Å². The van der Waals surface area contributed by atoms with E-state index in [-0.39, 0.29) is 12.4 Å². The van der Waals surface area contributed by atoms with Gasteiger partial charge in [-0.1, -0.05) is 35.0 Å². The lowest BCUT2D eigenvalue weighted by Crippen LogP contribution is -2.30. The van der Waals surface area contributed by atoms with Gasteiger partial charge in [-0.2, -0.15) is 13.2 Å². The highest BCUT2D eigenvalue weighted by molar-refractivity contribution is 7.13. The van der Waals surface area contributed by atoms with Gasteiger partial charge < -0.3 is 9.84 Å². The number of anilines is 1. The molecule has 2 amide bonds. The summed E-state index contributed by atoms with van der Waals surface area (Å²) in [5, 5.41) is 10.3. The first-order valence-electron chi connectivity index (χ1n) is 7.91. The molecule has 0 spiro atoms. The first-order chi connectivity index (χ1) is 12.8. The lowest BCUT2D eigenvalue weighted by Gasteiger charge is -2.03. The molecule has 142 valence electrons. The van der Waals surface area contributed by atoms with E-state index in [0.717, 1.165) is 16.3 Å². The number of alkyl halides is 3. The number of carbonyl (C=O) groups excluding carboxylic acids is 1. The average molecular weight is 396 g/mol. The van der Waals surface area contributed by atoms with Crippen molar-refractivity contribution in [3.8, 4) is 10.6 Å². The van der Waals surface area contributed by atoms with Gasteiger partial charge in [-0.05, 0) is 6.92 Å². The quantitative estimate of drug-likeness (QED) is 0.666. The largest absolute Gasteiger partial charge is 0.436 e. The summed E-state index contributed by atoms with van der Waals surface area (Å²) in [6.07, 6.45) is -4.14. The maximum absolute atomic E-state index is 12.4. The molecular weight excluding hydrogens is 381 g/mol. The van der Waals surface area contributed by atoms with Crippen LogP contribution in [0.1, 0.15) is 17.0 Å². The molecule has 3 aromatic rings. The molecule has 6 nitrogen and oxygen atoms in total. The van der Waals surface area contributed by atoms with Gasteiger partial charge in [0.2, 0.25) is 5.88 Å². The number of hydrogen-bond donors (Lipinski definition) is 2. The zero-order valence-corrected chi connectivity index (χ0v) is 14.9. The number of aromatic nitrogens is 2. The van der Waals surface area contributed by atoms with E-state index >= 15 is 0 Å². The Balaban J connectivity index is 1.48. The zero-order valence-electron chi connectivity index (χ0n) is 14.1. The van der Waals surface area contributed by atoms with Gasteiger partial charge >= 0.3 is 12.2 Å². The number of nitrogens with one attached hydrogen (secondary N) is 2. The molecule has 0 aliphatic rings. The van der Waals surface area contributed by atoms with Crippen molar-refractivity contribution >= 4 is 23.3 Å². The molecule has 2 aromatic heterocycles. The highest BCUT2D eigenvalue weighted by Gasteiger charge is 2.35. The first kappa shape index (κ1) is 18.9. The Morgan fingerprint density at radius 3 is 2.67 bits per heavy atom. The molecule has 3 rings (SSSR count). The maximum atomic E-state index is 12.4. The van der Waals surface area contributed by atoms with Crippen LogP contribution in [0.4, 0.5) is 23.8 Å². The molecule has 27 heavy (non-hydrogen) atoms. The fourth-order valence-electron chi connectivity index (χ4n) is 2.18. The van der Waals surface area contributed by atoms with Crippen molar-refractivity contribution in [2.75, 3.05) is 11.9 Å². The van der Waals surface area contributed by atoms with E-state index in [4.69, 9.17) is 0 Å². The molecule has 0 aliphatic carbocycles. The molecule has 0 aliphatic heterocycles. The number of amides is 2. The van der Waals surface area contributed by atoms with Crippen LogP contribution in [0.5, 0.6) is 0 Å². The van der Waals surface area contributed by atoms with Crippen molar-refractivity contribution in [3.05, 3.63) is 52.7 Å². The Bertz CT molecular complexity index is 919. The number of hydrogen-bond acceptors (Lipinski definition) is 5. The third-order valence-electron chi connectivity index (χ3n) is 3.55. The number of benzene rings is 1. The van der Waals surface area contributed by atoms with Crippen LogP contribution in [0, 0.1) is 6.92 Å². The number of carbonyl (C=O) groups is 1. The zero-order chi connectivity index (χ0) is 19.4. The Morgan fingerprint density at radius 2 is 2.00 bits per heavy atom. The van der Waals surface area contributed by atoms with Crippen molar-refractivity contribution in [1.29, 1.82) is 0 Å². The average Bonchev–Trinajstić information content (AvgIpc) is 3.25. The van der Waals surface area contributed by atoms with Gasteiger partial charge in [0.1, 0.15) is 5.01 Å². The lowest BCUT2D eigenvalue weighted by atomic mass is 10.2. The number of halogens is 3. The van der Waals surface area contributed by atoms with Gasteiger partial charge in [0.15, 0.2) is 5.69 Å². The smallest absolute Gasteiger partial charge is 0.338 e. The second-order valence-corrected chi connectivity index (χ2v) is 6.57. The van der Waals surface area contributed by atoms with Crippen LogP contribution in [0.25, 0.3) is 10.6 Å². The predicted molar refractivity (Wildman–Crippen MR) is 94.5 cm³/mol. The number of urea groups is 1. The van der Waals surface area contributed by atoms with Crippen molar-refractivity contribution < 1.29 is 22.5 Å². The van der Waals surface area contributed by atoms with Crippen LogP contribution in [-0.2, 0) is 12.6 Å². The summed E-state index contributed by atoms with van der Waals surface area (Å²) in [5.41, 5.74) is 1.80. The molecular formula is C17H15F3N4O2S. The SMILES string of the molecule is Cc1ccc(-c2nc(CCNC(=O)Nc3cc(C(F)(F)F)no3)cs2)cc1.